The lowest BCUT2D eigenvalue weighted by Crippen LogP contribution is -2.02. The van der Waals surface area contributed by atoms with Gasteiger partial charge >= 0.3 is 0 Å². The van der Waals surface area contributed by atoms with Gasteiger partial charge < -0.3 is 0 Å². The third-order valence-electron chi connectivity index (χ3n) is 2.95. The molecule has 0 fully saturated rings. The first-order chi connectivity index (χ1) is 7.15. The molecule has 15 heavy (non-hydrogen) atoms. The second-order valence-corrected chi connectivity index (χ2v) is 5.59. The van der Waals surface area contributed by atoms with E-state index in [0.717, 1.165) is 0 Å². The van der Waals surface area contributed by atoms with Crippen LogP contribution in [0.25, 0.3) is 0 Å². The van der Waals surface area contributed by atoms with Gasteiger partial charge in [0.05, 0.1) is 0 Å². The molecule has 0 saturated carbocycles. The van der Waals surface area contributed by atoms with Crippen molar-refractivity contribution < 1.29 is 0 Å². The van der Waals surface area contributed by atoms with Crippen molar-refractivity contribution in [2.24, 2.45) is 0 Å². The SMILES string of the molecule is CCCC(Br)CCc1c(C)cccc1C. The zero-order valence-corrected chi connectivity index (χ0v) is 11.6. The van der Waals surface area contributed by atoms with Crippen molar-refractivity contribution in [3.63, 3.8) is 0 Å². The highest BCUT2D eigenvalue weighted by Crippen LogP contribution is 2.20. The summed E-state index contributed by atoms with van der Waals surface area (Å²) in [6.07, 6.45) is 5.00. The van der Waals surface area contributed by atoms with Crippen LogP contribution >= 0.6 is 15.9 Å². The predicted octanol–water partition coefficient (Wildman–Crippen LogP) is 4.80. The molecule has 1 aromatic carbocycles. The van der Waals surface area contributed by atoms with E-state index in [9.17, 15) is 0 Å². The summed E-state index contributed by atoms with van der Waals surface area (Å²) < 4.78 is 0. The molecule has 1 rings (SSSR count). The van der Waals surface area contributed by atoms with Crippen molar-refractivity contribution in [3.05, 3.63) is 34.9 Å². The normalized spacial score (nSPS) is 12.8. The number of rotatable bonds is 5. The smallest absolute Gasteiger partial charge is 0.0148 e. The number of hydrogen-bond acceptors (Lipinski definition) is 0. The van der Waals surface area contributed by atoms with Gasteiger partial charge in [-0.25, -0.2) is 0 Å². The molecule has 0 aliphatic rings. The highest BCUT2D eigenvalue weighted by Gasteiger charge is 2.06. The van der Waals surface area contributed by atoms with Crippen LogP contribution < -0.4 is 0 Å². The van der Waals surface area contributed by atoms with Crippen LogP contribution in [0.2, 0.25) is 0 Å². The molecule has 1 heteroatoms. The molecule has 0 spiro atoms. The molecule has 84 valence electrons. The Hall–Kier alpha value is -0.300. The van der Waals surface area contributed by atoms with Crippen molar-refractivity contribution in [3.8, 4) is 0 Å². The fourth-order valence-corrected chi connectivity index (χ4v) is 2.69. The second kappa shape index (κ2) is 6.32. The molecule has 0 saturated heterocycles. The maximum atomic E-state index is 3.74. The van der Waals surface area contributed by atoms with E-state index in [4.69, 9.17) is 0 Å². The molecule has 0 bridgehead atoms. The maximum Gasteiger partial charge on any atom is 0.0148 e. The zero-order valence-electron chi connectivity index (χ0n) is 10.0. The minimum atomic E-state index is 0.682. The molecule has 0 aliphatic carbocycles. The third-order valence-corrected chi connectivity index (χ3v) is 3.87. The van der Waals surface area contributed by atoms with Gasteiger partial charge in [0.1, 0.15) is 0 Å². The van der Waals surface area contributed by atoms with Gasteiger partial charge in [0.15, 0.2) is 0 Å². The van der Waals surface area contributed by atoms with E-state index in [-0.39, 0.29) is 0 Å². The number of aryl methyl sites for hydroxylation is 2. The molecular weight excluding hydrogens is 248 g/mol. The molecule has 0 N–H and O–H groups in total. The Kier molecular flexibility index (Phi) is 5.38. The molecule has 0 aromatic heterocycles. The molecule has 1 aromatic rings. The van der Waals surface area contributed by atoms with Crippen LogP contribution in [0.1, 0.15) is 42.9 Å². The summed E-state index contributed by atoms with van der Waals surface area (Å²) in [5.74, 6) is 0. The van der Waals surface area contributed by atoms with Crippen molar-refractivity contribution in [1.29, 1.82) is 0 Å². The van der Waals surface area contributed by atoms with Crippen molar-refractivity contribution in [1.82, 2.24) is 0 Å². The minimum absolute atomic E-state index is 0.682. The van der Waals surface area contributed by atoms with Crippen LogP contribution in [0.4, 0.5) is 0 Å². The Bertz CT molecular complexity index is 284. The van der Waals surface area contributed by atoms with Crippen molar-refractivity contribution in [2.75, 3.05) is 0 Å². The number of benzene rings is 1. The summed E-state index contributed by atoms with van der Waals surface area (Å²) in [4.78, 5) is 0.682. The summed E-state index contributed by atoms with van der Waals surface area (Å²) >= 11 is 3.74. The zero-order chi connectivity index (χ0) is 11.3. The molecule has 1 unspecified atom stereocenters. The second-order valence-electron chi connectivity index (χ2n) is 4.29. The third kappa shape index (κ3) is 3.98. The highest BCUT2D eigenvalue weighted by molar-refractivity contribution is 9.09. The first kappa shape index (κ1) is 12.8. The van der Waals surface area contributed by atoms with Crippen LogP contribution in [-0.2, 0) is 6.42 Å². The Morgan fingerprint density at radius 2 is 1.73 bits per heavy atom. The summed E-state index contributed by atoms with van der Waals surface area (Å²) in [6, 6.07) is 6.57. The quantitative estimate of drug-likeness (QED) is 0.673. The van der Waals surface area contributed by atoms with E-state index < -0.39 is 0 Å². The van der Waals surface area contributed by atoms with E-state index in [1.807, 2.05) is 0 Å². The molecule has 1 atom stereocenters. The molecule has 0 nitrogen and oxygen atoms in total. The fourth-order valence-electron chi connectivity index (χ4n) is 2.00. The first-order valence-electron chi connectivity index (χ1n) is 5.84. The first-order valence-corrected chi connectivity index (χ1v) is 6.76. The van der Waals surface area contributed by atoms with Gasteiger partial charge in [-0.1, -0.05) is 47.5 Å². The van der Waals surface area contributed by atoms with Gasteiger partial charge in [0.25, 0.3) is 0 Å². The van der Waals surface area contributed by atoms with Gasteiger partial charge in [0, 0.05) is 4.83 Å². The molecule has 0 aliphatic heterocycles. The van der Waals surface area contributed by atoms with Gasteiger partial charge in [0.2, 0.25) is 0 Å². The maximum absolute atomic E-state index is 3.74. The van der Waals surface area contributed by atoms with Crippen molar-refractivity contribution in [2.45, 2.75) is 51.3 Å². The monoisotopic (exact) mass is 268 g/mol. The summed E-state index contributed by atoms with van der Waals surface area (Å²) in [7, 11) is 0. The highest BCUT2D eigenvalue weighted by atomic mass is 79.9. The average molecular weight is 269 g/mol. The lowest BCUT2D eigenvalue weighted by Gasteiger charge is -2.12. The van der Waals surface area contributed by atoms with Gasteiger partial charge in [-0.15, -0.1) is 0 Å². The summed E-state index contributed by atoms with van der Waals surface area (Å²) in [5, 5.41) is 0. The van der Waals surface area contributed by atoms with Gasteiger partial charge in [-0.3, -0.25) is 0 Å². The molecule has 0 heterocycles. The van der Waals surface area contributed by atoms with E-state index in [0.29, 0.717) is 4.83 Å². The van der Waals surface area contributed by atoms with E-state index >= 15 is 0 Å². The summed E-state index contributed by atoms with van der Waals surface area (Å²) in [6.45, 7) is 6.67. The Balaban J connectivity index is 2.57. The predicted molar refractivity (Wildman–Crippen MR) is 71.9 cm³/mol. The van der Waals surface area contributed by atoms with Gasteiger partial charge in [-0.2, -0.15) is 0 Å². The van der Waals surface area contributed by atoms with Crippen LogP contribution in [0.3, 0.4) is 0 Å². The van der Waals surface area contributed by atoms with E-state index in [1.165, 1.54) is 42.4 Å². The molecule has 0 radical (unpaired) electrons. The number of hydrogen-bond donors (Lipinski definition) is 0. The largest absolute Gasteiger partial charge is 0.0891 e. The van der Waals surface area contributed by atoms with Crippen LogP contribution in [0.5, 0.6) is 0 Å². The lowest BCUT2D eigenvalue weighted by atomic mass is 9.97. The molecule has 0 amide bonds. The van der Waals surface area contributed by atoms with E-state index in [2.05, 4.69) is 54.9 Å². The van der Waals surface area contributed by atoms with Gasteiger partial charge in [-0.05, 0) is 49.8 Å². The molecular formula is C14H21Br. The fraction of sp³-hybridized carbons (Fsp3) is 0.571. The summed E-state index contributed by atoms with van der Waals surface area (Å²) in [5.41, 5.74) is 4.41. The Morgan fingerprint density at radius 1 is 1.13 bits per heavy atom. The van der Waals surface area contributed by atoms with Crippen molar-refractivity contribution >= 4 is 15.9 Å². The Morgan fingerprint density at radius 3 is 2.27 bits per heavy atom. The number of halogens is 1. The Labute approximate surface area is 102 Å². The standard InChI is InChI=1S/C14H21Br/c1-4-6-13(15)9-10-14-11(2)7-5-8-12(14)3/h5,7-8,13H,4,6,9-10H2,1-3H3. The van der Waals surface area contributed by atoms with E-state index in [1.54, 1.807) is 0 Å². The minimum Gasteiger partial charge on any atom is -0.0891 e. The number of alkyl halides is 1. The lowest BCUT2D eigenvalue weighted by molar-refractivity contribution is 0.690. The van der Waals surface area contributed by atoms with Crippen LogP contribution in [0, 0.1) is 13.8 Å². The van der Waals surface area contributed by atoms with Crippen LogP contribution in [0.15, 0.2) is 18.2 Å². The van der Waals surface area contributed by atoms with Crippen LogP contribution in [-0.4, -0.2) is 4.83 Å². The average Bonchev–Trinajstić information content (AvgIpc) is 2.17. The topological polar surface area (TPSA) is 0 Å².